The summed E-state index contributed by atoms with van der Waals surface area (Å²) in [6, 6.07) is 6.02. The molecule has 0 heterocycles. The fourth-order valence-electron chi connectivity index (χ4n) is 2.87. The van der Waals surface area contributed by atoms with Gasteiger partial charge in [-0.25, -0.2) is 0 Å². The van der Waals surface area contributed by atoms with Crippen LogP contribution in [-0.4, -0.2) is 6.54 Å². The molecule has 1 aromatic rings. The molecule has 18 heavy (non-hydrogen) atoms. The Kier molecular flexibility index (Phi) is 4.21. The van der Waals surface area contributed by atoms with Crippen molar-refractivity contribution in [2.45, 2.75) is 39.5 Å². The third-order valence-corrected chi connectivity index (χ3v) is 4.70. The molecule has 0 aromatic heterocycles. The Morgan fingerprint density at radius 2 is 2.00 bits per heavy atom. The van der Waals surface area contributed by atoms with E-state index in [0.717, 1.165) is 28.3 Å². The minimum absolute atomic E-state index is 0.343. The van der Waals surface area contributed by atoms with E-state index in [1.54, 1.807) is 0 Å². The number of benzene rings is 1. The first-order valence-electron chi connectivity index (χ1n) is 6.78. The zero-order chi connectivity index (χ0) is 13.2. The van der Waals surface area contributed by atoms with Crippen LogP contribution in [0, 0.1) is 11.3 Å². The predicted octanol–water partition coefficient (Wildman–Crippen LogP) is 4.66. The topological polar surface area (TPSA) is 38.0 Å². The molecule has 2 nitrogen and oxygen atoms in total. The first kappa shape index (κ1) is 13.7. The lowest BCUT2D eigenvalue weighted by molar-refractivity contribution is 0.234. The Bertz CT molecular complexity index is 409. The summed E-state index contributed by atoms with van der Waals surface area (Å²) >= 11 is 3.43. The van der Waals surface area contributed by atoms with Gasteiger partial charge >= 0.3 is 0 Å². The highest BCUT2D eigenvalue weighted by Gasteiger charge is 2.31. The number of rotatable bonds is 4. The van der Waals surface area contributed by atoms with Gasteiger partial charge in [-0.3, -0.25) is 0 Å². The Balaban J connectivity index is 1.97. The monoisotopic (exact) mass is 310 g/mol. The molecule has 1 saturated carbocycles. The van der Waals surface area contributed by atoms with Crippen molar-refractivity contribution in [3.8, 4) is 0 Å². The van der Waals surface area contributed by atoms with E-state index in [1.165, 1.54) is 25.7 Å². The van der Waals surface area contributed by atoms with Gasteiger partial charge in [0.2, 0.25) is 0 Å². The molecule has 0 radical (unpaired) electrons. The van der Waals surface area contributed by atoms with Crippen LogP contribution in [0.15, 0.2) is 22.7 Å². The van der Waals surface area contributed by atoms with Gasteiger partial charge in [0.25, 0.3) is 0 Å². The molecule has 1 fully saturated rings. The van der Waals surface area contributed by atoms with Gasteiger partial charge in [0.05, 0.1) is 11.4 Å². The highest BCUT2D eigenvalue weighted by molar-refractivity contribution is 9.10. The molecule has 0 amide bonds. The normalized spacial score (nSPS) is 17.1. The van der Waals surface area contributed by atoms with Crippen LogP contribution in [-0.2, 0) is 0 Å². The lowest BCUT2D eigenvalue weighted by Gasteiger charge is -2.32. The Morgan fingerprint density at radius 3 is 2.61 bits per heavy atom. The second kappa shape index (κ2) is 5.52. The summed E-state index contributed by atoms with van der Waals surface area (Å²) in [5.41, 5.74) is 8.21. The van der Waals surface area contributed by atoms with Crippen molar-refractivity contribution in [2.75, 3.05) is 17.6 Å². The summed E-state index contributed by atoms with van der Waals surface area (Å²) < 4.78 is 1.03. The average Bonchev–Trinajstić information content (AvgIpc) is 2.82. The van der Waals surface area contributed by atoms with Crippen molar-refractivity contribution >= 4 is 27.3 Å². The molecule has 1 aliphatic carbocycles. The second-order valence-electron chi connectivity index (χ2n) is 6.06. The number of nitrogens with two attached hydrogens (primary N) is 1. The van der Waals surface area contributed by atoms with Crippen molar-refractivity contribution in [3.63, 3.8) is 0 Å². The van der Waals surface area contributed by atoms with Gasteiger partial charge in [-0.2, -0.15) is 0 Å². The van der Waals surface area contributed by atoms with Gasteiger partial charge < -0.3 is 11.1 Å². The summed E-state index contributed by atoms with van der Waals surface area (Å²) in [7, 11) is 0. The molecule has 3 N–H and O–H groups in total. The van der Waals surface area contributed by atoms with Gasteiger partial charge in [-0.05, 0) is 42.4 Å². The molecule has 100 valence electrons. The second-order valence-corrected chi connectivity index (χ2v) is 6.97. The van der Waals surface area contributed by atoms with Crippen LogP contribution in [0.4, 0.5) is 11.4 Å². The predicted molar refractivity (Wildman–Crippen MR) is 82.8 cm³/mol. The van der Waals surface area contributed by atoms with Crippen LogP contribution in [0.5, 0.6) is 0 Å². The maximum absolute atomic E-state index is 6.01. The maximum Gasteiger partial charge on any atom is 0.0574 e. The molecule has 0 bridgehead atoms. The number of hydrogen-bond acceptors (Lipinski definition) is 2. The van der Waals surface area contributed by atoms with Gasteiger partial charge in [-0.1, -0.05) is 42.6 Å². The summed E-state index contributed by atoms with van der Waals surface area (Å²) in [5, 5.41) is 3.51. The standard InChI is InChI=1S/C15H23BrN2/c1-15(2,11-5-3-4-6-11)10-18-14-8-7-12(16)9-13(14)17/h7-9,11,18H,3-6,10,17H2,1-2H3. The van der Waals surface area contributed by atoms with Crippen molar-refractivity contribution < 1.29 is 0 Å². The van der Waals surface area contributed by atoms with Crippen molar-refractivity contribution in [1.29, 1.82) is 0 Å². The Labute approximate surface area is 118 Å². The Hall–Kier alpha value is -0.700. The Morgan fingerprint density at radius 1 is 1.33 bits per heavy atom. The molecule has 0 spiro atoms. The highest BCUT2D eigenvalue weighted by atomic mass is 79.9. The molecule has 0 unspecified atom stereocenters. The summed E-state index contributed by atoms with van der Waals surface area (Å²) in [6.07, 6.45) is 5.55. The molecular formula is C15H23BrN2. The van der Waals surface area contributed by atoms with Gasteiger partial charge in [0.1, 0.15) is 0 Å². The van der Waals surface area contributed by atoms with E-state index >= 15 is 0 Å². The van der Waals surface area contributed by atoms with Crippen LogP contribution in [0.3, 0.4) is 0 Å². The van der Waals surface area contributed by atoms with Crippen LogP contribution in [0.25, 0.3) is 0 Å². The number of anilines is 2. The SMILES string of the molecule is CC(C)(CNc1ccc(Br)cc1N)C1CCCC1. The quantitative estimate of drug-likeness (QED) is 0.794. The fraction of sp³-hybridized carbons (Fsp3) is 0.600. The molecule has 1 aliphatic rings. The molecular weight excluding hydrogens is 288 g/mol. The first-order chi connectivity index (χ1) is 8.49. The van der Waals surface area contributed by atoms with E-state index in [4.69, 9.17) is 5.73 Å². The lowest BCUT2D eigenvalue weighted by Crippen LogP contribution is -2.30. The van der Waals surface area contributed by atoms with Gasteiger partial charge in [0, 0.05) is 11.0 Å². The molecule has 0 saturated heterocycles. The molecule has 3 heteroatoms. The smallest absolute Gasteiger partial charge is 0.0574 e. The summed E-state index contributed by atoms with van der Waals surface area (Å²) in [5.74, 6) is 0.849. The largest absolute Gasteiger partial charge is 0.397 e. The van der Waals surface area contributed by atoms with Crippen LogP contribution < -0.4 is 11.1 Å². The molecule has 2 rings (SSSR count). The first-order valence-corrected chi connectivity index (χ1v) is 7.57. The summed E-state index contributed by atoms with van der Waals surface area (Å²) in [4.78, 5) is 0. The number of nitrogens with one attached hydrogen (secondary N) is 1. The number of nitrogen functional groups attached to an aromatic ring is 1. The lowest BCUT2D eigenvalue weighted by atomic mass is 9.77. The van der Waals surface area contributed by atoms with Gasteiger partial charge in [-0.15, -0.1) is 0 Å². The van der Waals surface area contributed by atoms with E-state index in [1.807, 2.05) is 18.2 Å². The summed E-state index contributed by atoms with van der Waals surface area (Å²) in [6.45, 7) is 5.72. The highest BCUT2D eigenvalue weighted by Crippen LogP contribution is 2.39. The fourth-order valence-corrected chi connectivity index (χ4v) is 3.25. The van der Waals surface area contributed by atoms with E-state index in [0.29, 0.717) is 5.41 Å². The van der Waals surface area contributed by atoms with Crippen molar-refractivity contribution in [3.05, 3.63) is 22.7 Å². The van der Waals surface area contributed by atoms with E-state index < -0.39 is 0 Å². The van der Waals surface area contributed by atoms with Crippen LogP contribution in [0.1, 0.15) is 39.5 Å². The minimum Gasteiger partial charge on any atom is -0.397 e. The van der Waals surface area contributed by atoms with Crippen LogP contribution in [0.2, 0.25) is 0 Å². The van der Waals surface area contributed by atoms with Gasteiger partial charge in [0.15, 0.2) is 0 Å². The van der Waals surface area contributed by atoms with Crippen molar-refractivity contribution in [1.82, 2.24) is 0 Å². The minimum atomic E-state index is 0.343. The van der Waals surface area contributed by atoms with E-state index in [2.05, 4.69) is 35.1 Å². The molecule has 1 aromatic carbocycles. The van der Waals surface area contributed by atoms with E-state index in [9.17, 15) is 0 Å². The molecule has 0 aliphatic heterocycles. The number of hydrogen-bond donors (Lipinski definition) is 2. The number of halogens is 1. The zero-order valence-corrected chi connectivity index (χ0v) is 12.9. The molecule has 0 atom stereocenters. The van der Waals surface area contributed by atoms with E-state index in [-0.39, 0.29) is 0 Å². The van der Waals surface area contributed by atoms with Crippen molar-refractivity contribution in [2.24, 2.45) is 11.3 Å². The third-order valence-electron chi connectivity index (χ3n) is 4.21. The third kappa shape index (κ3) is 3.19. The maximum atomic E-state index is 6.01. The average molecular weight is 311 g/mol. The zero-order valence-electron chi connectivity index (χ0n) is 11.3. The van der Waals surface area contributed by atoms with Crippen LogP contribution >= 0.6 is 15.9 Å².